The summed E-state index contributed by atoms with van der Waals surface area (Å²) in [5, 5.41) is 6.94. The van der Waals surface area contributed by atoms with Crippen molar-refractivity contribution in [1.82, 2.24) is 9.78 Å². The lowest BCUT2D eigenvalue weighted by molar-refractivity contribution is -0.115. The average Bonchev–Trinajstić information content (AvgIpc) is 3.05. The molecular weight excluding hydrogens is 328 g/mol. The van der Waals surface area contributed by atoms with Crippen molar-refractivity contribution < 1.29 is 18.3 Å². The van der Waals surface area contributed by atoms with Crippen molar-refractivity contribution in [3.8, 4) is 11.4 Å². The predicted molar refractivity (Wildman–Crippen MR) is 89.0 cm³/mol. The summed E-state index contributed by atoms with van der Waals surface area (Å²) in [6.45, 7) is -2.87. The number of benzene rings is 2. The number of nitrogens with zero attached hydrogens (tertiary/aromatic N) is 2. The minimum absolute atomic E-state index is 0.0390. The van der Waals surface area contributed by atoms with Gasteiger partial charge in [0.1, 0.15) is 5.75 Å². The van der Waals surface area contributed by atoms with Gasteiger partial charge in [0, 0.05) is 11.9 Å². The van der Waals surface area contributed by atoms with Crippen LogP contribution in [0.15, 0.2) is 67.0 Å². The van der Waals surface area contributed by atoms with Crippen molar-refractivity contribution >= 4 is 11.6 Å². The van der Waals surface area contributed by atoms with E-state index in [0.29, 0.717) is 5.69 Å². The number of para-hydroxylation sites is 1. The van der Waals surface area contributed by atoms with E-state index in [1.54, 1.807) is 17.1 Å². The van der Waals surface area contributed by atoms with Crippen LogP contribution in [0.4, 0.5) is 14.5 Å². The number of hydrogen-bond donors (Lipinski definition) is 1. The number of rotatable bonds is 6. The third-order valence-electron chi connectivity index (χ3n) is 3.38. The molecule has 3 rings (SSSR count). The molecular formula is C18H15F2N3O2. The van der Waals surface area contributed by atoms with Crippen molar-refractivity contribution in [3.63, 3.8) is 0 Å². The Labute approximate surface area is 142 Å². The van der Waals surface area contributed by atoms with Crippen LogP contribution in [-0.4, -0.2) is 22.3 Å². The van der Waals surface area contributed by atoms with E-state index in [-0.39, 0.29) is 18.1 Å². The van der Waals surface area contributed by atoms with Gasteiger partial charge >= 0.3 is 6.61 Å². The Morgan fingerprint density at radius 3 is 2.52 bits per heavy atom. The lowest BCUT2D eigenvalue weighted by Crippen LogP contribution is -2.14. The maximum Gasteiger partial charge on any atom is 0.387 e. The topological polar surface area (TPSA) is 56.2 Å². The molecule has 2 aromatic carbocycles. The first-order valence-electron chi connectivity index (χ1n) is 7.54. The molecule has 0 spiro atoms. The number of carbonyl (C=O) groups is 1. The van der Waals surface area contributed by atoms with Gasteiger partial charge in [0.15, 0.2) is 0 Å². The number of amides is 1. The van der Waals surface area contributed by atoms with Crippen molar-refractivity contribution in [2.75, 3.05) is 5.32 Å². The standard InChI is InChI=1S/C18H15F2N3O2/c19-18(20)25-16-8-6-14(7-9-16)22-17(24)10-13-11-21-23(12-13)15-4-2-1-3-5-15/h1-9,11-12,18H,10H2,(H,22,24). The first-order chi connectivity index (χ1) is 12.1. The maximum atomic E-state index is 12.1. The summed E-state index contributed by atoms with van der Waals surface area (Å²) >= 11 is 0. The van der Waals surface area contributed by atoms with Crippen LogP contribution in [0.2, 0.25) is 0 Å². The molecule has 0 bridgehead atoms. The van der Waals surface area contributed by atoms with Crippen LogP contribution in [0.25, 0.3) is 5.69 Å². The maximum absolute atomic E-state index is 12.1. The van der Waals surface area contributed by atoms with Gasteiger partial charge in [0.05, 0.1) is 18.3 Å². The molecule has 5 nitrogen and oxygen atoms in total. The molecule has 0 saturated heterocycles. The normalized spacial score (nSPS) is 10.7. The highest BCUT2D eigenvalue weighted by atomic mass is 19.3. The molecule has 0 aliphatic rings. The van der Waals surface area contributed by atoms with Gasteiger partial charge in [-0.1, -0.05) is 18.2 Å². The van der Waals surface area contributed by atoms with E-state index < -0.39 is 6.61 Å². The fraction of sp³-hybridized carbons (Fsp3) is 0.111. The number of anilines is 1. The van der Waals surface area contributed by atoms with Crippen LogP contribution >= 0.6 is 0 Å². The van der Waals surface area contributed by atoms with Gasteiger partial charge in [-0.15, -0.1) is 0 Å². The summed E-state index contributed by atoms with van der Waals surface area (Å²) in [5.74, 6) is -0.188. The van der Waals surface area contributed by atoms with Crippen molar-refractivity contribution in [2.45, 2.75) is 13.0 Å². The second-order valence-electron chi connectivity index (χ2n) is 5.26. The Morgan fingerprint density at radius 1 is 1.12 bits per heavy atom. The van der Waals surface area contributed by atoms with Crippen LogP contribution in [0.1, 0.15) is 5.56 Å². The Morgan fingerprint density at radius 2 is 1.84 bits per heavy atom. The van der Waals surface area contributed by atoms with Gasteiger partial charge in [0.2, 0.25) is 5.91 Å². The lowest BCUT2D eigenvalue weighted by Gasteiger charge is -2.07. The van der Waals surface area contributed by atoms with Crippen molar-refractivity contribution in [2.24, 2.45) is 0 Å². The molecule has 0 aliphatic carbocycles. The van der Waals surface area contributed by atoms with Crippen LogP contribution in [-0.2, 0) is 11.2 Å². The molecule has 0 fully saturated rings. The van der Waals surface area contributed by atoms with Crippen LogP contribution in [0, 0.1) is 0 Å². The summed E-state index contributed by atoms with van der Waals surface area (Å²) in [6, 6.07) is 15.3. The molecule has 1 heterocycles. The van der Waals surface area contributed by atoms with E-state index in [9.17, 15) is 13.6 Å². The Kier molecular flexibility index (Phi) is 5.03. The number of ether oxygens (including phenoxy) is 1. The third-order valence-corrected chi connectivity index (χ3v) is 3.38. The Hall–Kier alpha value is -3.22. The highest BCUT2D eigenvalue weighted by molar-refractivity contribution is 5.92. The molecule has 0 radical (unpaired) electrons. The van der Waals surface area contributed by atoms with Gasteiger partial charge in [-0.3, -0.25) is 4.79 Å². The molecule has 0 aliphatic heterocycles. The van der Waals surface area contributed by atoms with Gasteiger partial charge in [-0.2, -0.15) is 13.9 Å². The second-order valence-corrected chi connectivity index (χ2v) is 5.26. The van der Waals surface area contributed by atoms with E-state index in [4.69, 9.17) is 0 Å². The molecule has 1 amide bonds. The largest absolute Gasteiger partial charge is 0.435 e. The van der Waals surface area contributed by atoms with E-state index in [2.05, 4.69) is 15.2 Å². The van der Waals surface area contributed by atoms with Gasteiger partial charge < -0.3 is 10.1 Å². The zero-order chi connectivity index (χ0) is 17.6. The fourth-order valence-electron chi connectivity index (χ4n) is 2.28. The van der Waals surface area contributed by atoms with Crippen LogP contribution in [0.3, 0.4) is 0 Å². The Balaban J connectivity index is 1.58. The molecule has 0 unspecified atom stereocenters. The van der Waals surface area contributed by atoms with Crippen molar-refractivity contribution in [3.05, 3.63) is 72.6 Å². The monoisotopic (exact) mass is 343 g/mol. The van der Waals surface area contributed by atoms with E-state index in [1.807, 2.05) is 30.3 Å². The first kappa shape index (κ1) is 16.6. The minimum atomic E-state index is -2.87. The molecule has 0 atom stereocenters. The number of alkyl halides is 2. The fourth-order valence-corrected chi connectivity index (χ4v) is 2.28. The van der Waals surface area contributed by atoms with Crippen molar-refractivity contribution in [1.29, 1.82) is 0 Å². The minimum Gasteiger partial charge on any atom is -0.435 e. The molecule has 25 heavy (non-hydrogen) atoms. The zero-order valence-corrected chi connectivity index (χ0v) is 13.1. The quantitative estimate of drug-likeness (QED) is 0.743. The Bertz CT molecular complexity index is 833. The molecule has 128 valence electrons. The van der Waals surface area contributed by atoms with Crippen LogP contribution in [0.5, 0.6) is 5.75 Å². The van der Waals surface area contributed by atoms with E-state index in [0.717, 1.165) is 11.3 Å². The molecule has 1 N–H and O–H groups in total. The average molecular weight is 343 g/mol. The zero-order valence-electron chi connectivity index (χ0n) is 13.1. The summed E-state index contributed by atoms with van der Waals surface area (Å²) < 4.78 is 30.1. The molecule has 0 saturated carbocycles. The predicted octanol–water partition coefficient (Wildman–Crippen LogP) is 3.65. The van der Waals surface area contributed by atoms with Gasteiger partial charge in [-0.25, -0.2) is 4.68 Å². The summed E-state index contributed by atoms with van der Waals surface area (Å²) in [4.78, 5) is 12.1. The number of aromatic nitrogens is 2. The SMILES string of the molecule is O=C(Cc1cnn(-c2ccccc2)c1)Nc1ccc(OC(F)F)cc1. The summed E-state index contributed by atoms with van der Waals surface area (Å²) in [5.41, 5.74) is 2.17. The highest BCUT2D eigenvalue weighted by Crippen LogP contribution is 2.18. The van der Waals surface area contributed by atoms with Crippen LogP contribution < -0.4 is 10.1 Å². The second kappa shape index (κ2) is 7.57. The smallest absolute Gasteiger partial charge is 0.387 e. The summed E-state index contributed by atoms with van der Waals surface area (Å²) in [6.07, 6.45) is 3.57. The van der Waals surface area contributed by atoms with Gasteiger partial charge in [0.25, 0.3) is 0 Å². The molecule has 7 heteroatoms. The highest BCUT2D eigenvalue weighted by Gasteiger charge is 2.08. The molecule has 1 aromatic heterocycles. The number of halogens is 2. The number of hydrogen-bond acceptors (Lipinski definition) is 3. The first-order valence-corrected chi connectivity index (χ1v) is 7.54. The summed E-state index contributed by atoms with van der Waals surface area (Å²) in [7, 11) is 0. The third kappa shape index (κ3) is 4.63. The molecule has 3 aromatic rings. The number of carbonyl (C=O) groups excluding carboxylic acids is 1. The van der Waals surface area contributed by atoms with Gasteiger partial charge in [-0.05, 0) is 42.0 Å². The lowest BCUT2D eigenvalue weighted by atomic mass is 10.2. The number of nitrogens with one attached hydrogen (secondary N) is 1. The van der Waals surface area contributed by atoms with E-state index >= 15 is 0 Å². The van der Waals surface area contributed by atoms with E-state index in [1.165, 1.54) is 24.3 Å².